The Morgan fingerprint density at radius 1 is 0.684 bits per heavy atom. The van der Waals surface area contributed by atoms with E-state index in [-0.39, 0.29) is 27.7 Å². The lowest BCUT2D eigenvalue weighted by Gasteiger charge is -2.22. The van der Waals surface area contributed by atoms with Gasteiger partial charge in [0.1, 0.15) is 46.5 Å². The van der Waals surface area contributed by atoms with Gasteiger partial charge in [-0.1, -0.05) is 57.0 Å². The Bertz CT molecular complexity index is 2510. The highest BCUT2D eigenvalue weighted by Gasteiger charge is 2.42. The van der Waals surface area contributed by atoms with E-state index in [0.29, 0.717) is 75.7 Å². The van der Waals surface area contributed by atoms with Crippen LogP contribution in [0.1, 0.15) is 55.9 Å². The first kappa shape index (κ1) is 40.1. The fraction of sp³-hybridized carbons (Fsp3) is 0.293. The second kappa shape index (κ2) is 15.3. The molecule has 0 fully saturated rings. The van der Waals surface area contributed by atoms with E-state index in [1.165, 1.54) is 30.3 Å². The highest BCUT2D eigenvalue weighted by molar-refractivity contribution is 6.34. The van der Waals surface area contributed by atoms with Gasteiger partial charge in [0.15, 0.2) is 0 Å². The smallest absolute Gasteiger partial charge is 0.226 e. The normalized spacial score (nSPS) is 14.9. The number of halogens is 6. The molecule has 0 saturated heterocycles. The quantitative estimate of drug-likeness (QED) is 0.152. The van der Waals surface area contributed by atoms with E-state index in [9.17, 15) is 13.2 Å². The van der Waals surface area contributed by atoms with Gasteiger partial charge in [-0.05, 0) is 72.6 Å². The topological polar surface area (TPSA) is 99.9 Å². The van der Waals surface area contributed by atoms with Gasteiger partial charge in [-0.3, -0.25) is 0 Å². The van der Waals surface area contributed by atoms with Crippen LogP contribution in [0.2, 0.25) is 15.3 Å². The minimum absolute atomic E-state index is 0.157. The van der Waals surface area contributed by atoms with Crippen molar-refractivity contribution in [3.63, 3.8) is 0 Å². The summed E-state index contributed by atoms with van der Waals surface area (Å²) in [5.74, 6) is 2.24. The molecular weight excluding hydrogens is 796 g/mol. The van der Waals surface area contributed by atoms with Crippen LogP contribution in [0, 0.1) is 24.4 Å². The zero-order chi connectivity index (χ0) is 41.0. The van der Waals surface area contributed by atoms with Gasteiger partial charge >= 0.3 is 0 Å². The van der Waals surface area contributed by atoms with E-state index in [4.69, 9.17) is 44.8 Å². The number of aryl methyl sites for hydroxylation is 1. The number of hydrogen-bond acceptors (Lipinski definition) is 9. The zero-order valence-electron chi connectivity index (χ0n) is 32.3. The maximum atomic E-state index is 14.9. The van der Waals surface area contributed by atoms with Crippen LogP contribution in [0.5, 0.6) is 0 Å². The molecule has 6 aromatic rings. The molecule has 296 valence electrons. The second-order valence-corrected chi connectivity index (χ2v) is 16.4. The number of hydrogen-bond donors (Lipinski definition) is 2. The van der Waals surface area contributed by atoms with Crippen molar-refractivity contribution in [2.24, 2.45) is 0 Å². The van der Waals surface area contributed by atoms with Crippen LogP contribution in [0.4, 0.5) is 47.8 Å². The summed E-state index contributed by atoms with van der Waals surface area (Å²) in [6, 6.07) is 13.8. The Hall–Kier alpha value is -5.11. The van der Waals surface area contributed by atoms with Crippen molar-refractivity contribution in [1.29, 1.82) is 0 Å². The lowest BCUT2D eigenvalue weighted by molar-refractivity contribution is 0.568. The summed E-state index contributed by atoms with van der Waals surface area (Å²) in [6.45, 7) is 11.5. The lowest BCUT2D eigenvalue weighted by atomic mass is 9.88. The van der Waals surface area contributed by atoms with E-state index >= 15 is 0 Å². The van der Waals surface area contributed by atoms with Crippen molar-refractivity contribution in [1.82, 2.24) is 29.5 Å². The predicted octanol–water partition coefficient (Wildman–Crippen LogP) is 10.4. The maximum absolute atomic E-state index is 14.9. The number of benzene rings is 3. The van der Waals surface area contributed by atoms with Crippen molar-refractivity contribution in [2.45, 2.75) is 51.9 Å². The summed E-state index contributed by atoms with van der Waals surface area (Å²) in [6.07, 6.45) is 3.71. The number of fused-ring (bicyclic) bond motifs is 2. The summed E-state index contributed by atoms with van der Waals surface area (Å²) < 4.78 is 43.6. The van der Waals surface area contributed by atoms with Crippen LogP contribution >= 0.6 is 34.8 Å². The third kappa shape index (κ3) is 7.80. The molecule has 2 aliphatic rings. The van der Waals surface area contributed by atoms with Gasteiger partial charge < -0.3 is 25.0 Å². The summed E-state index contributed by atoms with van der Waals surface area (Å²) >= 11 is 18.7. The van der Waals surface area contributed by atoms with Gasteiger partial charge in [0.2, 0.25) is 5.28 Å². The minimum atomic E-state index is -0.395. The molecular formula is C41H40Cl3F3N10. The Balaban J connectivity index is 0.000000194. The molecule has 0 radical (unpaired) electrons. The highest BCUT2D eigenvalue weighted by Crippen LogP contribution is 2.49. The van der Waals surface area contributed by atoms with Crippen LogP contribution < -0.4 is 20.4 Å². The monoisotopic (exact) mass is 834 g/mol. The average Bonchev–Trinajstić information content (AvgIpc) is 3.78. The van der Waals surface area contributed by atoms with Crippen molar-refractivity contribution in [3.8, 4) is 5.69 Å². The lowest BCUT2D eigenvalue weighted by Crippen LogP contribution is -2.25. The van der Waals surface area contributed by atoms with E-state index in [1.54, 1.807) is 42.3 Å². The van der Waals surface area contributed by atoms with E-state index < -0.39 is 5.82 Å². The Morgan fingerprint density at radius 3 is 1.70 bits per heavy atom. The molecule has 0 atom stereocenters. The number of rotatable bonds is 7. The van der Waals surface area contributed by atoms with Gasteiger partial charge in [-0.2, -0.15) is 4.98 Å². The molecule has 5 heterocycles. The van der Waals surface area contributed by atoms with Crippen molar-refractivity contribution >= 4 is 69.4 Å². The summed E-state index contributed by atoms with van der Waals surface area (Å²) in [4.78, 5) is 26.3. The average molecular weight is 836 g/mol. The molecule has 2 aliphatic heterocycles. The first-order valence-electron chi connectivity index (χ1n) is 18.1. The Labute approximate surface area is 344 Å². The molecule has 0 aliphatic carbocycles. The second-order valence-electron chi connectivity index (χ2n) is 15.2. The van der Waals surface area contributed by atoms with E-state index in [0.717, 1.165) is 22.4 Å². The minimum Gasteiger partial charge on any atom is -0.373 e. The van der Waals surface area contributed by atoms with Gasteiger partial charge in [0, 0.05) is 61.8 Å². The van der Waals surface area contributed by atoms with Crippen LogP contribution in [-0.2, 0) is 17.3 Å². The van der Waals surface area contributed by atoms with E-state index in [2.05, 4.69) is 53.3 Å². The molecule has 3 aromatic carbocycles. The standard InChI is InChI=1S/C26H25ClF2N6.C15H15Cl2FN4/c1-15-12-34(14-31-15)21-7-5-16(9-19(21)29)10-22-32-24(30-4)23-25(33-22)35(13-26(23,2)3)20-8-6-17(28)11-18(20)27;1-15(2)7-22(10-5-4-8(18)6-9(10)16)13-11(15)12(19-3)20-14(17)21-13/h5-9,11-12,14H,10,13H2,1-4H3,(H,30,32,33);4-6H,7H2,1-3H3,(H,19,20,21). The maximum Gasteiger partial charge on any atom is 0.226 e. The first-order chi connectivity index (χ1) is 27.0. The molecule has 0 spiro atoms. The Kier molecular flexibility index (Phi) is 10.8. The highest BCUT2D eigenvalue weighted by atomic mass is 35.5. The van der Waals surface area contributed by atoms with Gasteiger partial charge in [-0.25, -0.2) is 33.1 Å². The fourth-order valence-electron chi connectivity index (χ4n) is 7.50. The van der Waals surface area contributed by atoms with Crippen molar-refractivity contribution in [2.75, 3.05) is 47.6 Å². The number of aromatic nitrogens is 6. The molecule has 16 heteroatoms. The van der Waals surface area contributed by atoms with Crippen LogP contribution in [0.15, 0.2) is 67.1 Å². The van der Waals surface area contributed by atoms with Crippen molar-refractivity contribution in [3.05, 3.63) is 128 Å². The number of anilines is 6. The first-order valence-corrected chi connectivity index (χ1v) is 19.2. The molecule has 0 amide bonds. The van der Waals surface area contributed by atoms with Gasteiger partial charge in [0.25, 0.3) is 0 Å². The number of nitrogens with zero attached hydrogens (tertiary/aromatic N) is 8. The summed E-state index contributed by atoms with van der Waals surface area (Å²) in [5.41, 5.74) is 4.82. The van der Waals surface area contributed by atoms with Gasteiger partial charge in [0.05, 0.1) is 39.1 Å². The Morgan fingerprint density at radius 2 is 1.21 bits per heavy atom. The molecule has 8 rings (SSSR count). The predicted molar refractivity (Wildman–Crippen MR) is 222 cm³/mol. The van der Waals surface area contributed by atoms with Crippen LogP contribution in [0.25, 0.3) is 5.69 Å². The molecule has 10 nitrogen and oxygen atoms in total. The molecule has 0 unspecified atom stereocenters. The number of nitrogens with one attached hydrogen (secondary N) is 2. The van der Waals surface area contributed by atoms with Crippen molar-refractivity contribution < 1.29 is 13.2 Å². The van der Waals surface area contributed by atoms with E-state index in [1.807, 2.05) is 29.8 Å². The molecule has 0 saturated carbocycles. The van der Waals surface area contributed by atoms with Gasteiger partial charge in [-0.15, -0.1) is 0 Å². The fourth-order valence-corrected chi connectivity index (χ4v) is 8.20. The molecule has 0 bridgehead atoms. The summed E-state index contributed by atoms with van der Waals surface area (Å²) in [5, 5.41) is 7.06. The van der Waals surface area contributed by atoms with Crippen LogP contribution in [-0.4, -0.2) is 56.7 Å². The SMILES string of the molecule is CNc1nc(Cc2ccc(-n3cnc(C)c3)c(F)c2)nc2c1C(C)(C)CN2c1ccc(F)cc1Cl.CNc1nc(Cl)nc2c1C(C)(C)CN2c1ccc(F)cc1Cl. The summed E-state index contributed by atoms with van der Waals surface area (Å²) in [7, 11) is 3.61. The van der Waals surface area contributed by atoms with Crippen LogP contribution in [0.3, 0.4) is 0 Å². The third-order valence-corrected chi connectivity index (χ3v) is 10.8. The third-order valence-electron chi connectivity index (χ3n) is 10.0. The number of imidazole rings is 1. The molecule has 3 aromatic heterocycles. The zero-order valence-corrected chi connectivity index (χ0v) is 34.6. The molecule has 2 N–H and O–H groups in total. The molecule has 57 heavy (non-hydrogen) atoms. The largest absolute Gasteiger partial charge is 0.373 e.